The number of rotatable bonds is 7. The van der Waals surface area contributed by atoms with Crippen LogP contribution in [0.3, 0.4) is 0 Å². The van der Waals surface area contributed by atoms with Gasteiger partial charge < -0.3 is 19.3 Å². The average molecular weight is 296 g/mol. The Kier molecular flexibility index (Phi) is 5.58. The fourth-order valence-corrected chi connectivity index (χ4v) is 1.59. The first kappa shape index (κ1) is 16.8. The Labute approximate surface area is 123 Å². The second-order valence-electron chi connectivity index (χ2n) is 4.94. The van der Waals surface area contributed by atoms with Crippen LogP contribution in [0.2, 0.25) is 0 Å². The molecule has 0 aromatic heterocycles. The van der Waals surface area contributed by atoms with Crippen LogP contribution in [0.15, 0.2) is 18.2 Å². The minimum atomic E-state index is -1.11. The van der Waals surface area contributed by atoms with Gasteiger partial charge in [0.1, 0.15) is 11.5 Å². The standard InChI is InChI=1S/C15H20O6/c1-5-19-14(18)15(3,4)21-12-7-6-11(8-10(12)2)20-9-13(16)17/h6-8H,5,9H2,1-4H3,(H,16,17). The molecule has 0 saturated carbocycles. The van der Waals surface area contributed by atoms with Crippen molar-refractivity contribution in [2.75, 3.05) is 13.2 Å². The average Bonchev–Trinajstić information content (AvgIpc) is 2.39. The van der Waals surface area contributed by atoms with Crippen molar-refractivity contribution in [3.05, 3.63) is 23.8 Å². The van der Waals surface area contributed by atoms with Crippen LogP contribution in [0.25, 0.3) is 0 Å². The summed E-state index contributed by atoms with van der Waals surface area (Å²) >= 11 is 0. The topological polar surface area (TPSA) is 82.1 Å². The summed E-state index contributed by atoms with van der Waals surface area (Å²) in [6.07, 6.45) is 0. The third kappa shape index (κ3) is 4.98. The van der Waals surface area contributed by atoms with Crippen molar-refractivity contribution in [2.45, 2.75) is 33.3 Å². The summed E-state index contributed by atoms with van der Waals surface area (Å²) in [6.45, 7) is 6.64. The largest absolute Gasteiger partial charge is 0.482 e. The van der Waals surface area contributed by atoms with Crippen LogP contribution in [0.4, 0.5) is 0 Å². The lowest BCUT2D eigenvalue weighted by Gasteiger charge is -2.25. The molecule has 0 aliphatic heterocycles. The zero-order valence-corrected chi connectivity index (χ0v) is 12.6. The molecule has 0 aliphatic rings. The number of aliphatic carboxylic acids is 1. The van der Waals surface area contributed by atoms with Gasteiger partial charge in [0.2, 0.25) is 0 Å². The minimum absolute atomic E-state index is 0.284. The summed E-state index contributed by atoms with van der Waals surface area (Å²) in [6, 6.07) is 4.87. The van der Waals surface area contributed by atoms with Crippen molar-refractivity contribution in [3.8, 4) is 11.5 Å². The molecular weight excluding hydrogens is 276 g/mol. The normalized spacial score (nSPS) is 10.9. The number of carbonyl (C=O) groups is 2. The predicted octanol–water partition coefficient (Wildman–Crippen LogP) is 2.18. The molecule has 0 aliphatic carbocycles. The Morgan fingerprint density at radius 2 is 1.95 bits per heavy atom. The van der Waals surface area contributed by atoms with Crippen molar-refractivity contribution >= 4 is 11.9 Å². The van der Waals surface area contributed by atoms with Crippen LogP contribution in [-0.2, 0) is 14.3 Å². The summed E-state index contributed by atoms with van der Waals surface area (Å²) < 4.78 is 15.7. The first-order valence-electron chi connectivity index (χ1n) is 6.57. The van der Waals surface area contributed by atoms with Crippen LogP contribution >= 0.6 is 0 Å². The molecule has 0 radical (unpaired) electrons. The first-order valence-corrected chi connectivity index (χ1v) is 6.57. The lowest BCUT2D eigenvalue weighted by atomic mass is 10.1. The molecule has 0 heterocycles. The quantitative estimate of drug-likeness (QED) is 0.777. The molecule has 0 amide bonds. The second kappa shape index (κ2) is 6.97. The van der Waals surface area contributed by atoms with E-state index in [1.807, 2.05) is 0 Å². The van der Waals surface area contributed by atoms with Gasteiger partial charge in [-0.15, -0.1) is 0 Å². The fourth-order valence-electron chi connectivity index (χ4n) is 1.59. The van der Waals surface area contributed by atoms with Crippen molar-refractivity contribution in [3.63, 3.8) is 0 Å². The molecule has 0 atom stereocenters. The zero-order chi connectivity index (χ0) is 16.0. The molecule has 1 N–H and O–H groups in total. The maximum Gasteiger partial charge on any atom is 0.349 e. The SMILES string of the molecule is CCOC(=O)C(C)(C)Oc1ccc(OCC(=O)O)cc1C. The summed E-state index contributed by atoms with van der Waals surface area (Å²) in [7, 11) is 0. The van der Waals surface area contributed by atoms with Crippen LogP contribution < -0.4 is 9.47 Å². The van der Waals surface area contributed by atoms with Gasteiger partial charge in [-0.05, 0) is 51.5 Å². The van der Waals surface area contributed by atoms with Gasteiger partial charge in [0.25, 0.3) is 0 Å². The van der Waals surface area contributed by atoms with E-state index in [0.717, 1.165) is 5.56 Å². The molecule has 116 valence electrons. The number of hydrogen-bond donors (Lipinski definition) is 1. The molecular formula is C15H20O6. The Morgan fingerprint density at radius 1 is 1.29 bits per heavy atom. The molecule has 0 spiro atoms. The van der Waals surface area contributed by atoms with E-state index in [-0.39, 0.29) is 6.61 Å². The maximum atomic E-state index is 11.8. The Bertz CT molecular complexity index is 521. The summed E-state index contributed by atoms with van der Waals surface area (Å²) in [5, 5.41) is 8.56. The Morgan fingerprint density at radius 3 is 2.48 bits per heavy atom. The zero-order valence-electron chi connectivity index (χ0n) is 12.6. The highest BCUT2D eigenvalue weighted by atomic mass is 16.6. The number of ether oxygens (including phenoxy) is 3. The minimum Gasteiger partial charge on any atom is -0.482 e. The van der Waals surface area contributed by atoms with Crippen molar-refractivity contribution < 1.29 is 28.9 Å². The van der Waals surface area contributed by atoms with E-state index in [0.29, 0.717) is 11.5 Å². The van der Waals surface area contributed by atoms with Crippen LogP contribution in [0.5, 0.6) is 11.5 Å². The van der Waals surface area contributed by atoms with Crippen molar-refractivity contribution in [2.24, 2.45) is 0 Å². The monoisotopic (exact) mass is 296 g/mol. The molecule has 1 rings (SSSR count). The second-order valence-corrected chi connectivity index (χ2v) is 4.94. The Hall–Kier alpha value is -2.24. The predicted molar refractivity (Wildman–Crippen MR) is 75.6 cm³/mol. The van der Waals surface area contributed by atoms with Gasteiger partial charge in [0.15, 0.2) is 12.2 Å². The van der Waals surface area contributed by atoms with Crippen LogP contribution in [0, 0.1) is 6.92 Å². The number of benzene rings is 1. The summed E-state index contributed by atoms with van der Waals surface area (Å²) in [5.74, 6) is -0.557. The molecule has 0 saturated heterocycles. The smallest absolute Gasteiger partial charge is 0.349 e. The lowest BCUT2D eigenvalue weighted by molar-refractivity contribution is -0.158. The number of carboxylic acid groups (broad SMARTS) is 1. The van der Waals surface area contributed by atoms with Crippen molar-refractivity contribution in [1.82, 2.24) is 0 Å². The number of aryl methyl sites for hydroxylation is 1. The van der Waals surface area contributed by atoms with E-state index in [9.17, 15) is 9.59 Å². The number of hydrogen-bond acceptors (Lipinski definition) is 5. The van der Waals surface area contributed by atoms with Gasteiger partial charge in [-0.1, -0.05) is 0 Å². The van der Waals surface area contributed by atoms with E-state index in [1.54, 1.807) is 45.9 Å². The number of esters is 1. The molecule has 0 bridgehead atoms. The summed E-state index contributed by atoms with van der Waals surface area (Å²) in [5.41, 5.74) is -0.375. The van der Waals surface area contributed by atoms with E-state index in [1.165, 1.54) is 0 Å². The Balaban J connectivity index is 2.80. The fraction of sp³-hybridized carbons (Fsp3) is 0.467. The lowest BCUT2D eigenvalue weighted by Crippen LogP contribution is -2.39. The van der Waals surface area contributed by atoms with E-state index < -0.39 is 24.1 Å². The van der Waals surface area contributed by atoms with E-state index in [4.69, 9.17) is 19.3 Å². The van der Waals surface area contributed by atoms with Gasteiger partial charge in [-0.2, -0.15) is 0 Å². The molecule has 0 fully saturated rings. The van der Waals surface area contributed by atoms with E-state index >= 15 is 0 Å². The van der Waals surface area contributed by atoms with Crippen molar-refractivity contribution in [1.29, 1.82) is 0 Å². The highest BCUT2D eigenvalue weighted by Crippen LogP contribution is 2.27. The summed E-state index contributed by atoms with van der Waals surface area (Å²) in [4.78, 5) is 22.2. The number of carbonyl (C=O) groups excluding carboxylic acids is 1. The van der Waals surface area contributed by atoms with Gasteiger partial charge in [-0.3, -0.25) is 0 Å². The third-order valence-corrected chi connectivity index (χ3v) is 2.64. The van der Waals surface area contributed by atoms with E-state index in [2.05, 4.69) is 0 Å². The van der Waals surface area contributed by atoms with Gasteiger partial charge in [-0.25, -0.2) is 9.59 Å². The molecule has 21 heavy (non-hydrogen) atoms. The maximum absolute atomic E-state index is 11.8. The molecule has 6 heteroatoms. The molecule has 6 nitrogen and oxygen atoms in total. The van der Waals surface area contributed by atoms with Gasteiger partial charge in [0, 0.05) is 0 Å². The van der Waals surface area contributed by atoms with Gasteiger partial charge >= 0.3 is 11.9 Å². The molecule has 0 unspecified atom stereocenters. The van der Waals surface area contributed by atoms with Gasteiger partial charge in [0.05, 0.1) is 6.61 Å². The highest BCUT2D eigenvalue weighted by Gasteiger charge is 2.32. The third-order valence-electron chi connectivity index (χ3n) is 2.64. The van der Waals surface area contributed by atoms with Crippen LogP contribution in [-0.4, -0.2) is 35.9 Å². The highest BCUT2D eigenvalue weighted by molar-refractivity contribution is 5.79. The van der Waals surface area contributed by atoms with Crippen LogP contribution in [0.1, 0.15) is 26.3 Å². The molecule has 1 aromatic carbocycles. The molecule has 1 aromatic rings. The number of carboxylic acids is 1. The first-order chi connectivity index (χ1) is 9.76.